The smallest absolute Gasteiger partial charge is 0.306 e. The molecule has 0 bridgehead atoms. The van der Waals surface area contributed by atoms with E-state index in [0.29, 0.717) is 12.8 Å². The van der Waals surface area contributed by atoms with Crippen LogP contribution in [0.2, 0.25) is 0 Å². The van der Waals surface area contributed by atoms with E-state index < -0.39 is 20.6 Å². The first-order chi connectivity index (χ1) is 8.75. The molecular weight excluding hydrogens is 288 g/mol. The van der Waals surface area contributed by atoms with Crippen molar-refractivity contribution in [1.82, 2.24) is 0 Å². The van der Waals surface area contributed by atoms with E-state index in [-0.39, 0.29) is 28.1 Å². The van der Waals surface area contributed by atoms with Crippen molar-refractivity contribution in [3.63, 3.8) is 0 Å². The van der Waals surface area contributed by atoms with Gasteiger partial charge < -0.3 is 4.74 Å². The standard InChI is InChI=1S/C12H22O5S2/c1-9(7-12(13)17-2)18(14)10-5-4-6-11(8-10)19(3,15)16/h9-11H,4-8H2,1-3H3. The third-order valence-electron chi connectivity index (χ3n) is 3.59. The average molecular weight is 310 g/mol. The Labute approximate surface area is 117 Å². The maximum Gasteiger partial charge on any atom is 0.306 e. The topological polar surface area (TPSA) is 77.5 Å². The molecule has 0 aromatic heterocycles. The van der Waals surface area contributed by atoms with E-state index in [9.17, 15) is 17.4 Å². The molecule has 1 aliphatic rings. The number of methoxy groups -OCH3 is 1. The van der Waals surface area contributed by atoms with Crippen molar-refractivity contribution in [1.29, 1.82) is 0 Å². The van der Waals surface area contributed by atoms with Gasteiger partial charge in [-0.3, -0.25) is 9.00 Å². The van der Waals surface area contributed by atoms with E-state index in [2.05, 4.69) is 4.74 Å². The first-order valence-corrected chi connectivity index (χ1v) is 9.63. The molecule has 0 aliphatic heterocycles. The van der Waals surface area contributed by atoms with Crippen LogP contribution < -0.4 is 0 Å². The van der Waals surface area contributed by atoms with Crippen LogP contribution in [-0.4, -0.2) is 47.7 Å². The Hall–Kier alpha value is -0.430. The maximum atomic E-state index is 12.3. The number of sulfone groups is 1. The number of hydrogen-bond donors (Lipinski definition) is 0. The molecule has 112 valence electrons. The molecule has 19 heavy (non-hydrogen) atoms. The van der Waals surface area contributed by atoms with Gasteiger partial charge in [0.15, 0.2) is 0 Å². The number of carbonyl (C=O) groups is 1. The summed E-state index contributed by atoms with van der Waals surface area (Å²) in [6.45, 7) is 1.75. The van der Waals surface area contributed by atoms with Crippen molar-refractivity contribution in [3.8, 4) is 0 Å². The van der Waals surface area contributed by atoms with Crippen molar-refractivity contribution >= 4 is 26.6 Å². The van der Waals surface area contributed by atoms with Crippen molar-refractivity contribution in [2.45, 2.75) is 54.8 Å². The summed E-state index contributed by atoms with van der Waals surface area (Å²) in [5, 5.41) is -0.815. The van der Waals surface area contributed by atoms with E-state index in [4.69, 9.17) is 0 Å². The molecule has 4 atom stereocenters. The normalized spacial score (nSPS) is 27.5. The molecule has 0 heterocycles. The number of carbonyl (C=O) groups excluding carboxylic acids is 1. The average Bonchev–Trinajstić information content (AvgIpc) is 2.36. The fraction of sp³-hybridized carbons (Fsp3) is 0.917. The molecule has 0 N–H and O–H groups in total. The highest BCUT2D eigenvalue weighted by Crippen LogP contribution is 2.28. The van der Waals surface area contributed by atoms with Gasteiger partial charge >= 0.3 is 5.97 Å². The fourth-order valence-electron chi connectivity index (χ4n) is 2.43. The molecule has 5 nitrogen and oxygen atoms in total. The van der Waals surface area contributed by atoms with Crippen LogP contribution in [0.3, 0.4) is 0 Å². The number of hydrogen-bond acceptors (Lipinski definition) is 5. The van der Waals surface area contributed by atoms with Gasteiger partial charge in [-0.1, -0.05) is 13.3 Å². The second-order valence-electron chi connectivity index (χ2n) is 5.16. The molecule has 0 aromatic carbocycles. The molecule has 0 spiro atoms. The summed E-state index contributed by atoms with van der Waals surface area (Å²) in [7, 11) is -2.96. The van der Waals surface area contributed by atoms with Gasteiger partial charge in [0, 0.05) is 27.6 Å². The van der Waals surface area contributed by atoms with E-state index >= 15 is 0 Å². The Kier molecular flexibility index (Phi) is 5.98. The lowest BCUT2D eigenvalue weighted by atomic mass is 10.00. The van der Waals surface area contributed by atoms with Crippen LogP contribution in [0.15, 0.2) is 0 Å². The quantitative estimate of drug-likeness (QED) is 0.709. The summed E-state index contributed by atoms with van der Waals surface area (Å²) in [6, 6.07) is 0. The van der Waals surface area contributed by atoms with Gasteiger partial charge in [0.25, 0.3) is 0 Å². The zero-order valence-corrected chi connectivity index (χ0v) is 13.3. The van der Waals surface area contributed by atoms with Crippen LogP contribution in [-0.2, 0) is 30.2 Å². The largest absolute Gasteiger partial charge is 0.469 e. The highest BCUT2D eigenvalue weighted by atomic mass is 32.2. The summed E-state index contributed by atoms with van der Waals surface area (Å²) >= 11 is 0. The highest BCUT2D eigenvalue weighted by molar-refractivity contribution is 7.91. The minimum absolute atomic E-state index is 0.114. The summed E-state index contributed by atoms with van der Waals surface area (Å²) in [4.78, 5) is 11.2. The SMILES string of the molecule is COC(=O)CC(C)S(=O)C1CCCC(S(C)(=O)=O)C1. The minimum atomic E-state index is -3.07. The second kappa shape index (κ2) is 6.83. The van der Waals surface area contributed by atoms with Crippen molar-refractivity contribution in [2.75, 3.05) is 13.4 Å². The summed E-state index contributed by atoms with van der Waals surface area (Å²) in [5.74, 6) is -0.378. The van der Waals surface area contributed by atoms with Crippen molar-refractivity contribution in [2.24, 2.45) is 0 Å². The molecule has 1 saturated carbocycles. The predicted molar refractivity (Wildman–Crippen MR) is 75.1 cm³/mol. The number of esters is 1. The summed E-state index contributed by atoms with van der Waals surface area (Å²) in [5.41, 5.74) is 0. The Morgan fingerprint density at radius 1 is 1.42 bits per heavy atom. The van der Waals surface area contributed by atoms with Crippen LogP contribution in [0.5, 0.6) is 0 Å². The van der Waals surface area contributed by atoms with Crippen LogP contribution in [0, 0.1) is 0 Å². The van der Waals surface area contributed by atoms with Gasteiger partial charge in [0.05, 0.1) is 18.8 Å². The Balaban J connectivity index is 2.64. The van der Waals surface area contributed by atoms with Crippen molar-refractivity contribution in [3.05, 3.63) is 0 Å². The third-order valence-corrected chi connectivity index (χ3v) is 7.27. The van der Waals surface area contributed by atoms with Gasteiger partial charge in [-0.2, -0.15) is 0 Å². The van der Waals surface area contributed by atoms with Gasteiger partial charge in [-0.05, 0) is 19.3 Å². The second-order valence-corrected chi connectivity index (χ2v) is 9.61. The molecule has 1 rings (SSSR count). The van der Waals surface area contributed by atoms with Crippen LogP contribution in [0.1, 0.15) is 39.0 Å². The molecule has 0 radical (unpaired) electrons. The molecule has 4 unspecified atom stereocenters. The van der Waals surface area contributed by atoms with Gasteiger partial charge in [-0.25, -0.2) is 8.42 Å². The first kappa shape index (κ1) is 16.6. The molecular formula is C12H22O5S2. The Bertz CT molecular complexity index is 443. The molecule has 1 aliphatic carbocycles. The number of ether oxygens (including phenoxy) is 1. The van der Waals surface area contributed by atoms with E-state index in [1.54, 1.807) is 6.92 Å². The number of rotatable bonds is 5. The third kappa shape index (κ3) is 4.87. The molecule has 0 saturated heterocycles. The van der Waals surface area contributed by atoms with Gasteiger partial charge in [0.1, 0.15) is 9.84 Å². The lowest BCUT2D eigenvalue weighted by molar-refractivity contribution is -0.140. The monoisotopic (exact) mass is 310 g/mol. The van der Waals surface area contributed by atoms with E-state index in [0.717, 1.165) is 12.8 Å². The lowest BCUT2D eigenvalue weighted by Gasteiger charge is -2.29. The summed E-state index contributed by atoms with van der Waals surface area (Å²) in [6.07, 6.45) is 3.99. The highest BCUT2D eigenvalue weighted by Gasteiger charge is 2.33. The molecule has 0 amide bonds. The lowest BCUT2D eigenvalue weighted by Crippen LogP contribution is -2.35. The minimum Gasteiger partial charge on any atom is -0.469 e. The van der Waals surface area contributed by atoms with Crippen LogP contribution >= 0.6 is 0 Å². The fourth-order valence-corrected chi connectivity index (χ4v) is 5.51. The Morgan fingerprint density at radius 2 is 2.05 bits per heavy atom. The zero-order chi connectivity index (χ0) is 14.6. The first-order valence-electron chi connectivity index (χ1n) is 6.40. The van der Waals surface area contributed by atoms with Gasteiger partial charge in [-0.15, -0.1) is 0 Å². The van der Waals surface area contributed by atoms with Crippen LogP contribution in [0.25, 0.3) is 0 Å². The molecule has 0 aromatic rings. The maximum absolute atomic E-state index is 12.3. The van der Waals surface area contributed by atoms with Crippen LogP contribution in [0.4, 0.5) is 0 Å². The Morgan fingerprint density at radius 3 is 2.58 bits per heavy atom. The molecule has 7 heteroatoms. The van der Waals surface area contributed by atoms with Crippen molar-refractivity contribution < 1.29 is 22.2 Å². The predicted octanol–water partition coefficient (Wildman–Crippen LogP) is 1.04. The van der Waals surface area contributed by atoms with E-state index in [1.165, 1.54) is 13.4 Å². The molecule has 1 fully saturated rings. The summed E-state index contributed by atoms with van der Waals surface area (Å²) < 4.78 is 40.0. The zero-order valence-electron chi connectivity index (χ0n) is 11.6. The van der Waals surface area contributed by atoms with Gasteiger partial charge in [0.2, 0.25) is 0 Å². The van der Waals surface area contributed by atoms with E-state index in [1.807, 2.05) is 0 Å².